The van der Waals surface area contributed by atoms with Crippen LogP contribution in [0.25, 0.3) is 56.0 Å². The second-order valence-corrected chi connectivity index (χ2v) is 15.6. The monoisotopic (exact) mass is 719 g/mol. The molecule has 268 valence electrons. The van der Waals surface area contributed by atoms with Crippen molar-refractivity contribution in [1.82, 2.24) is 0 Å². The summed E-state index contributed by atoms with van der Waals surface area (Å²) in [4.78, 5) is 2.48. The Morgan fingerprint density at radius 2 is 1.30 bits per heavy atom. The van der Waals surface area contributed by atoms with E-state index in [9.17, 15) is 0 Å². The van der Waals surface area contributed by atoms with Gasteiger partial charge in [0, 0.05) is 50.0 Å². The quantitative estimate of drug-likeness (QED) is 0.170. The first-order chi connectivity index (χ1) is 27.7. The highest BCUT2D eigenvalue weighted by molar-refractivity contribution is 6.09. The van der Waals surface area contributed by atoms with Crippen LogP contribution in [0.5, 0.6) is 0 Å². The summed E-state index contributed by atoms with van der Waals surface area (Å²) in [5, 5.41) is 4.96. The molecule has 7 aromatic carbocycles. The molecule has 1 atom stereocenters. The van der Waals surface area contributed by atoms with Crippen molar-refractivity contribution < 1.29 is 4.42 Å². The fraction of sp³-hybridized carbons (Fsp3) is 0.111. The third-order valence-corrected chi connectivity index (χ3v) is 12.6. The van der Waals surface area contributed by atoms with Gasteiger partial charge in [-0.15, -0.1) is 0 Å². The minimum Gasteiger partial charge on any atom is -0.456 e. The molecule has 2 nitrogen and oxygen atoms in total. The van der Waals surface area contributed by atoms with Crippen molar-refractivity contribution in [3.63, 3.8) is 0 Å². The van der Waals surface area contributed by atoms with E-state index in [4.69, 9.17) is 4.42 Å². The fourth-order valence-corrected chi connectivity index (χ4v) is 9.89. The predicted molar refractivity (Wildman–Crippen MR) is 233 cm³/mol. The van der Waals surface area contributed by atoms with Gasteiger partial charge in [0.05, 0.1) is 0 Å². The maximum absolute atomic E-state index is 6.87. The highest BCUT2D eigenvalue weighted by atomic mass is 16.3. The highest BCUT2D eigenvalue weighted by Crippen LogP contribution is 2.56. The van der Waals surface area contributed by atoms with Gasteiger partial charge in [-0.3, -0.25) is 0 Å². The summed E-state index contributed by atoms with van der Waals surface area (Å²) in [7, 11) is 0. The van der Waals surface area contributed by atoms with E-state index in [-0.39, 0.29) is 0 Å². The average Bonchev–Trinajstić information content (AvgIpc) is 3.77. The van der Waals surface area contributed by atoms with Crippen LogP contribution < -0.4 is 15.3 Å². The molecule has 0 radical (unpaired) electrons. The van der Waals surface area contributed by atoms with E-state index in [0.717, 1.165) is 41.2 Å². The van der Waals surface area contributed by atoms with E-state index < -0.39 is 5.41 Å². The van der Waals surface area contributed by atoms with Gasteiger partial charge >= 0.3 is 0 Å². The molecule has 1 aromatic heterocycles. The van der Waals surface area contributed by atoms with Gasteiger partial charge in [0.1, 0.15) is 11.2 Å². The summed E-state index contributed by atoms with van der Waals surface area (Å²) < 4.78 is 6.87. The van der Waals surface area contributed by atoms with Crippen LogP contribution in [0.2, 0.25) is 0 Å². The number of para-hydroxylation sites is 2. The topological polar surface area (TPSA) is 16.4 Å². The number of nitrogens with zero attached hydrogens (tertiary/aromatic N) is 1. The van der Waals surface area contributed by atoms with Gasteiger partial charge in [-0.05, 0) is 101 Å². The van der Waals surface area contributed by atoms with Crippen LogP contribution in [0, 0.1) is 0 Å². The predicted octanol–water partition coefficient (Wildman–Crippen LogP) is 12.4. The molecular weight excluding hydrogens is 679 g/mol. The van der Waals surface area contributed by atoms with Gasteiger partial charge in [0.2, 0.25) is 0 Å². The summed E-state index contributed by atoms with van der Waals surface area (Å²) in [6, 6.07) is 59.9. The van der Waals surface area contributed by atoms with Crippen molar-refractivity contribution in [2.75, 3.05) is 4.90 Å². The summed E-state index contributed by atoms with van der Waals surface area (Å²) >= 11 is 0. The first-order valence-corrected chi connectivity index (χ1v) is 19.9. The molecular formula is C54H41NO. The number of hydrogen-bond acceptors (Lipinski definition) is 2. The minimum atomic E-state index is -0.415. The van der Waals surface area contributed by atoms with E-state index in [0.29, 0.717) is 5.92 Å². The SMILES string of the molecule is CC1(c2c(-c3ccc(C4C=CC(N(C5=c6ccccc6=CCC5)c5ccccc5)=CC4)cc3)ccc3c2oc2ccccc23)c2ccccc2-c2ccccc21. The molecule has 0 saturated carbocycles. The third kappa shape index (κ3) is 5.02. The number of fused-ring (bicyclic) bond motifs is 7. The number of furan rings is 1. The fourth-order valence-electron chi connectivity index (χ4n) is 9.89. The molecule has 0 saturated heterocycles. The van der Waals surface area contributed by atoms with Crippen LogP contribution in [-0.4, -0.2) is 0 Å². The molecule has 2 heteroatoms. The Kier molecular flexibility index (Phi) is 7.60. The molecule has 1 unspecified atom stereocenters. The highest BCUT2D eigenvalue weighted by Gasteiger charge is 2.44. The van der Waals surface area contributed by atoms with Crippen LogP contribution in [0.4, 0.5) is 5.69 Å². The van der Waals surface area contributed by atoms with E-state index in [1.54, 1.807) is 0 Å². The third-order valence-electron chi connectivity index (χ3n) is 12.6. The van der Waals surface area contributed by atoms with Crippen molar-refractivity contribution in [2.45, 2.75) is 37.5 Å². The van der Waals surface area contributed by atoms with Gasteiger partial charge < -0.3 is 9.32 Å². The van der Waals surface area contributed by atoms with E-state index in [1.807, 2.05) is 0 Å². The summed E-state index contributed by atoms with van der Waals surface area (Å²) in [5.41, 5.74) is 15.5. The van der Waals surface area contributed by atoms with Gasteiger partial charge in [0.15, 0.2) is 0 Å². The lowest BCUT2D eigenvalue weighted by Gasteiger charge is -2.32. The first-order valence-electron chi connectivity index (χ1n) is 19.9. The molecule has 8 aromatic rings. The molecule has 0 spiro atoms. The van der Waals surface area contributed by atoms with Crippen molar-refractivity contribution in [3.8, 4) is 22.3 Å². The molecule has 0 bridgehead atoms. The van der Waals surface area contributed by atoms with Crippen LogP contribution in [0.3, 0.4) is 0 Å². The van der Waals surface area contributed by atoms with Gasteiger partial charge in [-0.2, -0.15) is 0 Å². The van der Waals surface area contributed by atoms with E-state index >= 15 is 0 Å². The zero-order valence-electron chi connectivity index (χ0n) is 31.5. The Morgan fingerprint density at radius 3 is 2.07 bits per heavy atom. The lowest BCUT2D eigenvalue weighted by Crippen LogP contribution is -2.36. The average molecular weight is 720 g/mol. The van der Waals surface area contributed by atoms with E-state index in [1.165, 1.54) is 72.0 Å². The molecule has 11 rings (SSSR count). The summed E-state index contributed by atoms with van der Waals surface area (Å²) in [6.45, 7) is 2.40. The Hall–Kier alpha value is -6.64. The van der Waals surface area contributed by atoms with Gasteiger partial charge in [-0.25, -0.2) is 0 Å². The van der Waals surface area contributed by atoms with Crippen LogP contribution in [-0.2, 0) is 5.41 Å². The number of hydrogen-bond donors (Lipinski definition) is 0. The molecule has 1 heterocycles. The zero-order chi connectivity index (χ0) is 37.2. The Bertz CT molecular complexity index is 2970. The number of allylic oxidation sites excluding steroid dienone is 3. The van der Waals surface area contributed by atoms with Crippen molar-refractivity contribution in [1.29, 1.82) is 0 Å². The van der Waals surface area contributed by atoms with Gasteiger partial charge in [0.25, 0.3) is 0 Å². The summed E-state index contributed by atoms with van der Waals surface area (Å²) in [5.74, 6) is 0.297. The Morgan fingerprint density at radius 1 is 0.607 bits per heavy atom. The van der Waals surface area contributed by atoms with Crippen LogP contribution in [0.15, 0.2) is 192 Å². The van der Waals surface area contributed by atoms with Crippen molar-refractivity contribution >= 4 is 39.4 Å². The first kappa shape index (κ1) is 32.8. The molecule has 3 aliphatic rings. The summed E-state index contributed by atoms with van der Waals surface area (Å²) in [6.07, 6.45) is 12.6. The van der Waals surface area contributed by atoms with Gasteiger partial charge in [-0.1, -0.05) is 158 Å². The smallest absolute Gasteiger partial charge is 0.140 e. The number of anilines is 1. The number of rotatable bonds is 6. The molecule has 0 N–H and O–H groups in total. The van der Waals surface area contributed by atoms with Crippen molar-refractivity contribution in [3.05, 3.63) is 220 Å². The lowest BCUT2D eigenvalue weighted by atomic mass is 9.71. The minimum absolute atomic E-state index is 0.297. The molecule has 56 heavy (non-hydrogen) atoms. The van der Waals surface area contributed by atoms with E-state index in [2.05, 4.69) is 200 Å². The zero-order valence-corrected chi connectivity index (χ0v) is 31.5. The number of benzene rings is 7. The molecule has 0 amide bonds. The maximum atomic E-state index is 6.87. The lowest BCUT2D eigenvalue weighted by molar-refractivity contribution is 0.638. The van der Waals surface area contributed by atoms with Crippen LogP contribution in [0.1, 0.15) is 54.4 Å². The largest absolute Gasteiger partial charge is 0.456 e. The van der Waals surface area contributed by atoms with Crippen LogP contribution >= 0.6 is 0 Å². The molecule has 0 aliphatic heterocycles. The second-order valence-electron chi connectivity index (χ2n) is 15.6. The maximum Gasteiger partial charge on any atom is 0.140 e. The second kappa shape index (κ2) is 13.0. The molecule has 3 aliphatic carbocycles. The molecule has 0 fully saturated rings. The Labute approximate surface area is 327 Å². The Balaban J connectivity index is 0.989. The standard InChI is InChI=1S/C54H41NO/c1-54(48-22-10-7-19-44(48)45-20-8-11-23-49(45)54)52-43(34-35-47-46-21-9-12-25-51(46)56-53(47)52)39-28-26-36(27-29-39)37-30-32-41(33-31-37)55(40-16-3-2-4-17-40)50-24-13-15-38-14-5-6-18-42(38)50/h2-12,14-23,25-30,32-35,37H,13,24,31H2,1H3. The normalized spacial score (nSPS) is 16.6. The van der Waals surface area contributed by atoms with Crippen molar-refractivity contribution in [2.24, 2.45) is 0 Å².